The molecule has 5 heteroatoms. The highest BCUT2D eigenvalue weighted by Gasteiger charge is 2.45. The first-order valence-corrected chi connectivity index (χ1v) is 6.55. The first kappa shape index (κ1) is 11.7. The molecule has 5 nitrogen and oxygen atoms in total. The van der Waals surface area contributed by atoms with Crippen LogP contribution in [0.15, 0.2) is 4.42 Å². The lowest BCUT2D eigenvalue weighted by Gasteiger charge is -2.26. The van der Waals surface area contributed by atoms with Gasteiger partial charge in [-0.15, -0.1) is 0 Å². The van der Waals surface area contributed by atoms with Crippen LogP contribution in [0.2, 0.25) is 0 Å². The van der Waals surface area contributed by atoms with Crippen molar-refractivity contribution in [1.29, 1.82) is 0 Å². The molecule has 1 aromatic rings. The number of carbonyl (C=O) groups excluding carboxylic acids is 1. The van der Waals surface area contributed by atoms with Crippen LogP contribution in [0.3, 0.4) is 0 Å². The Kier molecular flexibility index (Phi) is 2.66. The average Bonchev–Trinajstić information content (AvgIpc) is 2.92. The van der Waals surface area contributed by atoms with Crippen molar-refractivity contribution in [3.8, 4) is 0 Å². The first-order chi connectivity index (χ1) is 8.58. The summed E-state index contributed by atoms with van der Waals surface area (Å²) in [4.78, 5) is 18.8. The van der Waals surface area contributed by atoms with E-state index in [4.69, 9.17) is 4.42 Å². The highest BCUT2D eigenvalue weighted by atomic mass is 16.4. The largest absolute Gasteiger partial charge is 0.436 e. The molecule has 0 radical (unpaired) electrons. The van der Waals surface area contributed by atoms with Crippen molar-refractivity contribution in [2.45, 2.75) is 39.3 Å². The van der Waals surface area contributed by atoms with Crippen LogP contribution in [0, 0.1) is 19.8 Å². The summed E-state index contributed by atoms with van der Waals surface area (Å²) in [7, 11) is 0. The molecular formula is C13H19N3O2. The molecule has 0 bridgehead atoms. The maximum Gasteiger partial charge on any atom is 0.292 e. The molecule has 2 aliphatic rings. The lowest BCUT2D eigenvalue weighted by molar-refractivity contribution is 0.0647. The molecule has 18 heavy (non-hydrogen) atoms. The van der Waals surface area contributed by atoms with E-state index in [1.165, 1.54) is 0 Å². The van der Waals surface area contributed by atoms with Gasteiger partial charge in [0.2, 0.25) is 5.76 Å². The van der Waals surface area contributed by atoms with Crippen molar-refractivity contribution < 1.29 is 9.21 Å². The molecule has 1 amide bonds. The maximum absolute atomic E-state index is 12.6. The molecule has 1 N–H and O–H groups in total. The van der Waals surface area contributed by atoms with E-state index >= 15 is 0 Å². The molecule has 2 fully saturated rings. The van der Waals surface area contributed by atoms with Crippen LogP contribution in [-0.2, 0) is 0 Å². The van der Waals surface area contributed by atoms with E-state index in [0.29, 0.717) is 35.3 Å². The number of carbonyl (C=O) groups is 1. The van der Waals surface area contributed by atoms with Gasteiger partial charge in [-0.2, -0.15) is 0 Å². The number of nitrogens with zero attached hydrogens (tertiary/aromatic N) is 2. The molecular weight excluding hydrogens is 230 g/mol. The Morgan fingerprint density at radius 3 is 2.89 bits per heavy atom. The molecule has 3 rings (SSSR count). The molecule has 2 aliphatic heterocycles. The van der Waals surface area contributed by atoms with Crippen LogP contribution in [0.5, 0.6) is 0 Å². The van der Waals surface area contributed by atoms with Gasteiger partial charge in [-0.1, -0.05) is 0 Å². The summed E-state index contributed by atoms with van der Waals surface area (Å²) in [5.74, 6) is 1.56. The normalized spacial score (nSPS) is 30.8. The molecule has 3 heterocycles. The number of likely N-dealkylation sites (tertiary alicyclic amines) is 1. The summed E-state index contributed by atoms with van der Waals surface area (Å²) in [5.41, 5.74) is 0.694. The Bertz CT molecular complexity index is 483. The molecule has 3 atom stereocenters. The second-order valence-corrected chi connectivity index (χ2v) is 5.43. The number of aromatic nitrogens is 1. The monoisotopic (exact) mass is 249 g/mol. The quantitative estimate of drug-likeness (QED) is 0.810. The maximum atomic E-state index is 12.6. The number of oxazole rings is 1. The van der Waals surface area contributed by atoms with E-state index in [0.717, 1.165) is 19.5 Å². The van der Waals surface area contributed by atoms with Gasteiger partial charge in [0.05, 0.1) is 5.69 Å². The Morgan fingerprint density at radius 1 is 1.44 bits per heavy atom. The third-order valence-electron chi connectivity index (χ3n) is 4.11. The fraction of sp³-hybridized carbons (Fsp3) is 0.692. The van der Waals surface area contributed by atoms with Crippen molar-refractivity contribution in [1.82, 2.24) is 15.2 Å². The molecule has 3 unspecified atom stereocenters. The van der Waals surface area contributed by atoms with Gasteiger partial charge in [0.1, 0.15) is 0 Å². The van der Waals surface area contributed by atoms with Crippen LogP contribution in [0.4, 0.5) is 0 Å². The SMILES string of the molecule is Cc1nc(C)c(C(=O)N2C(C)CC3CNCC32)o1. The minimum Gasteiger partial charge on any atom is -0.436 e. The Morgan fingerprint density at radius 2 is 2.22 bits per heavy atom. The Balaban J connectivity index is 1.90. The molecule has 0 saturated carbocycles. The van der Waals surface area contributed by atoms with Crippen LogP contribution < -0.4 is 5.32 Å². The third-order valence-corrected chi connectivity index (χ3v) is 4.11. The second-order valence-electron chi connectivity index (χ2n) is 5.43. The van der Waals surface area contributed by atoms with Crippen molar-refractivity contribution in [2.24, 2.45) is 5.92 Å². The Labute approximate surface area is 107 Å². The van der Waals surface area contributed by atoms with Gasteiger partial charge in [0.25, 0.3) is 5.91 Å². The van der Waals surface area contributed by atoms with Crippen molar-refractivity contribution >= 4 is 5.91 Å². The molecule has 0 aromatic carbocycles. The van der Waals surface area contributed by atoms with E-state index in [9.17, 15) is 4.79 Å². The van der Waals surface area contributed by atoms with Crippen LogP contribution in [-0.4, -0.2) is 41.0 Å². The van der Waals surface area contributed by atoms with Gasteiger partial charge in [-0.25, -0.2) is 4.98 Å². The van der Waals surface area contributed by atoms with Crippen LogP contribution >= 0.6 is 0 Å². The number of rotatable bonds is 1. The second kappa shape index (κ2) is 4.09. The van der Waals surface area contributed by atoms with E-state index in [2.05, 4.69) is 17.2 Å². The minimum absolute atomic E-state index is 0.00296. The number of hydrogen-bond donors (Lipinski definition) is 1. The van der Waals surface area contributed by atoms with E-state index in [-0.39, 0.29) is 5.91 Å². The number of hydrogen-bond acceptors (Lipinski definition) is 4. The van der Waals surface area contributed by atoms with Gasteiger partial charge >= 0.3 is 0 Å². The molecule has 0 aliphatic carbocycles. The third kappa shape index (κ3) is 1.65. The predicted octanol–water partition coefficient (Wildman–Crippen LogP) is 1.11. The summed E-state index contributed by atoms with van der Waals surface area (Å²) in [6, 6.07) is 0.608. The van der Waals surface area contributed by atoms with Gasteiger partial charge in [-0.05, 0) is 26.2 Å². The summed E-state index contributed by atoms with van der Waals surface area (Å²) >= 11 is 0. The first-order valence-electron chi connectivity index (χ1n) is 6.55. The van der Waals surface area contributed by atoms with Crippen molar-refractivity contribution in [3.63, 3.8) is 0 Å². The number of fused-ring (bicyclic) bond motifs is 1. The number of aryl methyl sites for hydroxylation is 2. The zero-order valence-electron chi connectivity index (χ0n) is 11.1. The number of amides is 1. The minimum atomic E-state index is -0.00296. The number of nitrogens with one attached hydrogen (secondary N) is 1. The van der Waals surface area contributed by atoms with Crippen LogP contribution in [0.25, 0.3) is 0 Å². The topological polar surface area (TPSA) is 58.4 Å². The summed E-state index contributed by atoms with van der Waals surface area (Å²) < 4.78 is 5.46. The standard InChI is InChI=1S/C13H19N3O2/c1-7-4-10-5-14-6-11(10)16(7)13(17)12-8(2)15-9(3)18-12/h7,10-11,14H,4-6H2,1-3H3. The van der Waals surface area contributed by atoms with E-state index in [1.807, 2.05) is 11.8 Å². The summed E-state index contributed by atoms with van der Waals surface area (Å²) in [5, 5.41) is 3.36. The van der Waals surface area contributed by atoms with Gasteiger partial charge < -0.3 is 14.6 Å². The van der Waals surface area contributed by atoms with E-state index in [1.54, 1.807) is 6.92 Å². The smallest absolute Gasteiger partial charge is 0.292 e. The zero-order chi connectivity index (χ0) is 12.9. The fourth-order valence-corrected chi connectivity index (χ4v) is 3.36. The van der Waals surface area contributed by atoms with Gasteiger partial charge in [0, 0.05) is 32.1 Å². The predicted molar refractivity (Wildman–Crippen MR) is 66.4 cm³/mol. The lowest BCUT2D eigenvalue weighted by Crippen LogP contribution is -2.42. The Hall–Kier alpha value is -1.36. The molecule has 0 spiro atoms. The van der Waals surface area contributed by atoms with Gasteiger partial charge in [0.15, 0.2) is 5.89 Å². The summed E-state index contributed by atoms with van der Waals surface area (Å²) in [6.45, 7) is 7.64. The van der Waals surface area contributed by atoms with Gasteiger partial charge in [-0.3, -0.25) is 4.79 Å². The zero-order valence-corrected chi connectivity index (χ0v) is 11.1. The average molecular weight is 249 g/mol. The molecule has 98 valence electrons. The fourth-order valence-electron chi connectivity index (χ4n) is 3.36. The highest BCUT2D eigenvalue weighted by Crippen LogP contribution is 2.33. The van der Waals surface area contributed by atoms with Crippen molar-refractivity contribution in [3.05, 3.63) is 17.3 Å². The van der Waals surface area contributed by atoms with Crippen LogP contribution in [0.1, 0.15) is 35.5 Å². The highest BCUT2D eigenvalue weighted by molar-refractivity contribution is 5.93. The molecule has 2 saturated heterocycles. The van der Waals surface area contributed by atoms with E-state index < -0.39 is 0 Å². The molecule has 1 aromatic heterocycles. The van der Waals surface area contributed by atoms with Crippen molar-refractivity contribution in [2.75, 3.05) is 13.1 Å². The lowest BCUT2D eigenvalue weighted by atomic mass is 10.0. The summed E-state index contributed by atoms with van der Waals surface area (Å²) in [6.07, 6.45) is 1.08.